The van der Waals surface area contributed by atoms with Gasteiger partial charge in [0.25, 0.3) is 0 Å². The zero-order valence-corrected chi connectivity index (χ0v) is 9.99. The summed E-state index contributed by atoms with van der Waals surface area (Å²) in [7, 11) is 1.55. The first-order valence-electron chi connectivity index (χ1n) is 5.41. The number of nitrogens with zero attached hydrogens (tertiary/aromatic N) is 1. The van der Waals surface area contributed by atoms with E-state index < -0.39 is 0 Å². The first kappa shape index (κ1) is 12.5. The number of pyridine rings is 1. The maximum Gasteiger partial charge on any atom is 0.224 e. The van der Waals surface area contributed by atoms with Crippen molar-refractivity contribution in [3.05, 3.63) is 18.3 Å². The van der Waals surface area contributed by atoms with Crippen LogP contribution in [-0.4, -0.2) is 18.0 Å². The molecule has 1 amide bonds. The van der Waals surface area contributed by atoms with Crippen LogP contribution >= 0.6 is 0 Å². The van der Waals surface area contributed by atoms with Gasteiger partial charge in [-0.1, -0.05) is 13.8 Å². The van der Waals surface area contributed by atoms with Gasteiger partial charge in [0.15, 0.2) is 0 Å². The smallest absolute Gasteiger partial charge is 0.224 e. The van der Waals surface area contributed by atoms with E-state index in [2.05, 4.69) is 24.1 Å². The normalized spacial score (nSPS) is 10.2. The van der Waals surface area contributed by atoms with E-state index in [0.29, 0.717) is 18.2 Å². The Hall–Kier alpha value is -1.58. The Morgan fingerprint density at radius 2 is 2.31 bits per heavy atom. The summed E-state index contributed by atoms with van der Waals surface area (Å²) in [5.74, 6) is 1.07. The van der Waals surface area contributed by atoms with Crippen molar-refractivity contribution in [1.29, 1.82) is 0 Å². The molecule has 0 unspecified atom stereocenters. The van der Waals surface area contributed by atoms with Crippen LogP contribution in [-0.2, 0) is 4.79 Å². The molecule has 0 saturated carbocycles. The predicted molar refractivity (Wildman–Crippen MR) is 63.5 cm³/mol. The Labute approximate surface area is 96.0 Å². The summed E-state index contributed by atoms with van der Waals surface area (Å²) in [6.07, 6.45) is 3.05. The maximum absolute atomic E-state index is 11.5. The third kappa shape index (κ3) is 4.29. The molecule has 0 bridgehead atoms. The number of ether oxygens (including phenoxy) is 1. The van der Waals surface area contributed by atoms with Crippen molar-refractivity contribution >= 4 is 11.6 Å². The second kappa shape index (κ2) is 6.10. The van der Waals surface area contributed by atoms with Gasteiger partial charge in [0.2, 0.25) is 11.8 Å². The van der Waals surface area contributed by atoms with E-state index in [1.54, 1.807) is 25.4 Å². The summed E-state index contributed by atoms with van der Waals surface area (Å²) < 4.78 is 4.97. The molecule has 16 heavy (non-hydrogen) atoms. The molecule has 0 aliphatic carbocycles. The van der Waals surface area contributed by atoms with Crippen molar-refractivity contribution in [2.24, 2.45) is 5.92 Å². The van der Waals surface area contributed by atoms with Crippen molar-refractivity contribution in [1.82, 2.24) is 4.98 Å². The third-order valence-corrected chi connectivity index (χ3v) is 2.18. The molecule has 0 aliphatic heterocycles. The standard InChI is InChI=1S/C12H18N2O2/c1-9(2)4-5-11(15)14-10-6-7-13-12(8-10)16-3/h6-9H,4-5H2,1-3H3,(H,13,14,15). The molecule has 1 N–H and O–H groups in total. The Balaban J connectivity index is 2.49. The van der Waals surface area contributed by atoms with Crippen LogP contribution in [0.3, 0.4) is 0 Å². The number of carbonyl (C=O) groups is 1. The number of carbonyl (C=O) groups excluding carboxylic acids is 1. The molecular weight excluding hydrogens is 204 g/mol. The minimum atomic E-state index is 0.0296. The average molecular weight is 222 g/mol. The molecule has 1 heterocycles. The number of aromatic nitrogens is 1. The Kier molecular flexibility index (Phi) is 4.76. The quantitative estimate of drug-likeness (QED) is 0.832. The zero-order valence-electron chi connectivity index (χ0n) is 9.99. The number of anilines is 1. The summed E-state index contributed by atoms with van der Waals surface area (Å²) in [5, 5.41) is 2.81. The Morgan fingerprint density at radius 1 is 1.56 bits per heavy atom. The van der Waals surface area contributed by atoms with E-state index in [1.165, 1.54) is 0 Å². The van der Waals surface area contributed by atoms with Crippen LogP contribution in [0.25, 0.3) is 0 Å². The van der Waals surface area contributed by atoms with E-state index in [-0.39, 0.29) is 5.91 Å². The number of amides is 1. The fraction of sp³-hybridized carbons (Fsp3) is 0.500. The highest BCUT2D eigenvalue weighted by Crippen LogP contribution is 2.14. The SMILES string of the molecule is COc1cc(NC(=O)CCC(C)C)ccn1. The molecule has 0 aliphatic rings. The molecule has 1 rings (SSSR count). The van der Waals surface area contributed by atoms with E-state index in [4.69, 9.17) is 4.74 Å². The van der Waals surface area contributed by atoms with Gasteiger partial charge in [-0.2, -0.15) is 0 Å². The van der Waals surface area contributed by atoms with Crippen molar-refractivity contribution in [2.75, 3.05) is 12.4 Å². The first-order valence-corrected chi connectivity index (χ1v) is 5.41. The molecule has 88 valence electrons. The molecule has 0 saturated heterocycles. The second-order valence-corrected chi connectivity index (χ2v) is 4.07. The average Bonchev–Trinajstić information content (AvgIpc) is 2.26. The number of rotatable bonds is 5. The van der Waals surface area contributed by atoms with Crippen LogP contribution in [0.15, 0.2) is 18.3 Å². The lowest BCUT2D eigenvalue weighted by molar-refractivity contribution is -0.116. The maximum atomic E-state index is 11.5. The van der Waals surface area contributed by atoms with Crippen molar-refractivity contribution in [2.45, 2.75) is 26.7 Å². The molecular formula is C12H18N2O2. The van der Waals surface area contributed by atoms with Gasteiger partial charge in [0.05, 0.1) is 7.11 Å². The Morgan fingerprint density at radius 3 is 2.94 bits per heavy atom. The molecule has 0 atom stereocenters. The number of methoxy groups -OCH3 is 1. The van der Waals surface area contributed by atoms with Gasteiger partial charge in [-0.3, -0.25) is 4.79 Å². The lowest BCUT2D eigenvalue weighted by Crippen LogP contribution is -2.12. The third-order valence-electron chi connectivity index (χ3n) is 2.18. The molecule has 0 radical (unpaired) electrons. The summed E-state index contributed by atoms with van der Waals surface area (Å²) in [5.41, 5.74) is 0.723. The molecule has 4 heteroatoms. The lowest BCUT2D eigenvalue weighted by atomic mass is 10.1. The van der Waals surface area contributed by atoms with E-state index in [9.17, 15) is 4.79 Å². The lowest BCUT2D eigenvalue weighted by Gasteiger charge is -2.07. The minimum absolute atomic E-state index is 0.0296. The minimum Gasteiger partial charge on any atom is -0.481 e. The highest BCUT2D eigenvalue weighted by Gasteiger charge is 2.04. The summed E-state index contributed by atoms with van der Waals surface area (Å²) >= 11 is 0. The molecule has 1 aromatic heterocycles. The molecule has 0 fully saturated rings. The summed E-state index contributed by atoms with van der Waals surface area (Å²) in [4.78, 5) is 15.5. The zero-order chi connectivity index (χ0) is 12.0. The molecule has 1 aromatic rings. The van der Waals surface area contributed by atoms with E-state index >= 15 is 0 Å². The van der Waals surface area contributed by atoms with Crippen molar-refractivity contribution < 1.29 is 9.53 Å². The number of hydrogen-bond donors (Lipinski definition) is 1. The topological polar surface area (TPSA) is 51.2 Å². The Bertz CT molecular complexity index is 351. The van der Waals surface area contributed by atoms with Gasteiger partial charge in [-0.15, -0.1) is 0 Å². The summed E-state index contributed by atoms with van der Waals surface area (Å²) in [6, 6.07) is 3.45. The predicted octanol–water partition coefficient (Wildman–Crippen LogP) is 2.46. The van der Waals surface area contributed by atoms with Gasteiger partial charge in [-0.05, 0) is 18.4 Å². The van der Waals surface area contributed by atoms with Crippen LogP contribution in [0, 0.1) is 5.92 Å². The molecule has 4 nitrogen and oxygen atoms in total. The van der Waals surface area contributed by atoms with Crippen LogP contribution in [0.5, 0.6) is 5.88 Å². The number of hydrogen-bond acceptors (Lipinski definition) is 3. The van der Waals surface area contributed by atoms with Crippen molar-refractivity contribution in [3.8, 4) is 5.88 Å². The monoisotopic (exact) mass is 222 g/mol. The highest BCUT2D eigenvalue weighted by molar-refractivity contribution is 5.90. The highest BCUT2D eigenvalue weighted by atomic mass is 16.5. The fourth-order valence-electron chi connectivity index (χ4n) is 1.24. The first-order chi connectivity index (χ1) is 7.61. The molecule has 0 aromatic carbocycles. The van der Waals surface area contributed by atoms with E-state index in [1.807, 2.05) is 0 Å². The number of nitrogens with one attached hydrogen (secondary N) is 1. The molecule has 0 spiro atoms. The van der Waals surface area contributed by atoms with Gasteiger partial charge < -0.3 is 10.1 Å². The van der Waals surface area contributed by atoms with Gasteiger partial charge in [0, 0.05) is 24.4 Å². The van der Waals surface area contributed by atoms with Crippen LogP contribution in [0.4, 0.5) is 5.69 Å². The van der Waals surface area contributed by atoms with E-state index in [0.717, 1.165) is 12.1 Å². The fourth-order valence-corrected chi connectivity index (χ4v) is 1.24. The van der Waals surface area contributed by atoms with Gasteiger partial charge in [-0.25, -0.2) is 4.98 Å². The summed E-state index contributed by atoms with van der Waals surface area (Å²) in [6.45, 7) is 4.20. The van der Waals surface area contributed by atoms with Crippen LogP contribution in [0.1, 0.15) is 26.7 Å². The van der Waals surface area contributed by atoms with Gasteiger partial charge in [0.1, 0.15) is 0 Å². The largest absolute Gasteiger partial charge is 0.481 e. The van der Waals surface area contributed by atoms with Crippen LogP contribution < -0.4 is 10.1 Å². The second-order valence-electron chi connectivity index (χ2n) is 4.07. The van der Waals surface area contributed by atoms with Gasteiger partial charge >= 0.3 is 0 Å². The van der Waals surface area contributed by atoms with Crippen LogP contribution in [0.2, 0.25) is 0 Å². The van der Waals surface area contributed by atoms with Crippen molar-refractivity contribution in [3.63, 3.8) is 0 Å².